The number of ether oxygens (including phenoxy) is 2. The van der Waals surface area contributed by atoms with E-state index in [1.807, 2.05) is 12.1 Å². The number of amides is 1. The number of nitrogens with zero attached hydrogens (tertiary/aromatic N) is 3. The summed E-state index contributed by atoms with van der Waals surface area (Å²) in [7, 11) is 3.25. The molecule has 0 spiro atoms. The van der Waals surface area contributed by atoms with Gasteiger partial charge in [0.15, 0.2) is 16.6 Å². The normalized spacial score (nSPS) is 14.6. The number of hydrogen-bond acceptors (Lipinski definition) is 7. The van der Waals surface area contributed by atoms with Gasteiger partial charge in [-0.2, -0.15) is 0 Å². The second kappa shape index (κ2) is 9.49. The third-order valence-electron chi connectivity index (χ3n) is 5.35. The van der Waals surface area contributed by atoms with Gasteiger partial charge in [0.25, 0.3) is 5.91 Å². The molecule has 1 aromatic heterocycles. The molecular weight excluding hydrogens is 419 g/mol. The number of aromatic nitrogens is 1. The van der Waals surface area contributed by atoms with Crippen molar-refractivity contribution in [2.24, 2.45) is 0 Å². The van der Waals surface area contributed by atoms with E-state index in [0.717, 1.165) is 48.1 Å². The van der Waals surface area contributed by atoms with Crippen molar-refractivity contribution in [3.8, 4) is 11.5 Å². The van der Waals surface area contributed by atoms with Gasteiger partial charge in [-0.1, -0.05) is 11.3 Å². The molecule has 2 heterocycles. The number of thiazole rings is 1. The first kappa shape index (κ1) is 21.3. The molecule has 2 aromatic carbocycles. The minimum Gasteiger partial charge on any atom is -0.493 e. The fraction of sp³-hybridized carbons (Fsp3) is 0.364. The Hall–Kier alpha value is -2.91. The first-order chi connectivity index (χ1) is 15.1. The number of benzene rings is 2. The van der Waals surface area contributed by atoms with Crippen molar-refractivity contribution in [3.05, 3.63) is 47.8 Å². The van der Waals surface area contributed by atoms with Crippen LogP contribution in [0.5, 0.6) is 11.5 Å². The zero-order valence-corrected chi connectivity index (χ0v) is 18.4. The molecule has 0 radical (unpaired) electrons. The molecule has 1 aliphatic heterocycles. The van der Waals surface area contributed by atoms with Crippen molar-refractivity contribution < 1.29 is 18.7 Å². The molecule has 1 fully saturated rings. The fourth-order valence-electron chi connectivity index (χ4n) is 3.63. The number of methoxy groups -OCH3 is 2. The monoisotopic (exact) mass is 444 g/mol. The van der Waals surface area contributed by atoms with Crippen LogP contribution in [0, 0.1) is 5.82 Å². The summed E-state index contributed by atoms with van der Waals surface area (Å²) in [6.07, 6.45) is 0. The van der Waals surface area contributed by atoms with Crippen molar-refractivity contribution in [1.82, 2.24) is 15.2 Å². The lowest BCUT2D eigenvalue weighted by atomic mass is 10.2. The predicted octanol–water partition coefficient (Wildman–Crippen LogP) is 3.00. The Morgan fingerprint density at radius 2 is 1.84 bits per heavy atom. The number of anilines is 1. The van der Waals surface area contributed by atoms with Gasteiger partial charge in [-0.25, -0.2) is 9.37 Å². The van der Waals surface area contributed by atoms with E-state index in [2.05, 4.69) is 15.1 Å². The topological polar surface area (TPSA) is 66.9 Å². The highest BCUT2D eigenvalue weighted by molar-refractivity contribution is 7.22. The van der Waals surface area contributed by atoms with Crippen molar-refractivity contribution in [3.63, 3.8) is 0 Å². The molecule has 31 heavy (non-hydrogen) atoms. The minimum atomic E-state index is -0.347. The van der Waals surface area contributed by atoms with Gasteiger partial charge in [0.1, 0.15) is 11.3 Å². The number of hydrogen-bond donors (Lipinski definition) is 1. The average Bonchev–Trinajstić information content (AvgIpc) is 3.23. The Morgan fingerprint density at radius 3 is 2.52 bits per heavy atom. The number of carbonyl (C=O) groups is 1. The number of piperazine rings is 1. The van der Waals surface area contributed by atoms with E-state index in [4.69, 9.17) is 14.5 Å². The third-order valence-corrected chi connectivity index (χ3v) is 6.44. The van der Waals surface area contributed by atoms with Gasteiger partial charge >= 0.3 is 0 Å². The van der Waals surface area contributed by atoms with Crippen molar-refractivity contribution >= 4 is 32.6 Å². The van der Waals surface area contributed by atoms with Gasteiger partial charge in [-0.05, 0) is 36.4 Å². The maximum atomic E-state index is 13.0. The van der Waals surface area contributed by atoms with E-state index in [1.165, 1.54) is 24.3 Å². The average molecular weight is 445 g/mol. The summed E-state index contributed by atoms with van der Waals surface area (Å²) >= 11 is 1.65. The Bertz CT molecular complexity index is 1050. The predicted molar refractivity (Wildman–Crippen MR) is 120 cm³/mol. The van der Waals surface area contributed by atoms with Gasteiger partial charge in [0.2, 0.25) is 0 Å². The highest BCUT2D eigenvalue weighted by Gasteiger charge is 2.21. The lowest BCUT2D eigenvalue weighted by molar-refractivity contribution is 0.0947. The van der Waals surface area contributed by atoms with Gasteiger partial charge in [-0.15, -0.1) is 0 Å². The van der Waals surface area contributed by atoms with Crippen LogP contribution in [-0.4, -0.2) is 69.3 Å². The molecule has 164 valence electrons. The summed E-state index contributed by atoms with van der Waals surface area (Å²) in [6.45, 7) is 4.84. The number of carbonyl (C=O) groups excluding carboxylic acids is 1. The van der Waals surface area contributed by atoms with Gasteiger partial charge in [-0.3, -0.25) is 9.69 Å². The van der Waals surface area contributed by atoms with Crippen LogP contribution in [0.15, 0.2) is 36.4 Å². The Labute approximate surface area is 184 Å². The van der Waals surface area contributed by atoms with Crippen LogP contribution in [0.3, 0.4) is 0 Å². The SMILES string of the molecule is COc1ccc2sc(N3CCN(CCNC(=O)c4ccc(F)cc4)CC3)nc2c1OC. The maximum absolute atomic E-state index is 13.0. The molecule has 0 bridgehead atoms. The van der Waals surface area contributed by atoms with Gasteiger partial charge in [0, 0.05) is 44.8 Å². The Kier molecular flexibility index (Phi) is 6.53. The zero-order chi connectivity index (χ0) is 21.8. The van der Waals surface area contributed by atoms with E-state index < -0.39 is 0 Å². The molecule has 0 aliphatic carbocycles. The first-order valence-corrected chi connectivity index (χ1v) is 10.9. The number of nitrogens with one attached hydrogen (secondary N) is 1. The molecule has 1 amide bonds. The molecule has 9 heteroatoms. The van der Waals surface area contributed by atoms with Crippen LogP contribution in [0.4, 0.5) is 9.52 Å². The van der Waals surface area contributed by atoms with Crippen LogP contribution in [0.25, 0.3) is 10.2 Å². The molecule has 7 nitrogen and oxygen atoms in total. The van der Waals surface area contributed by atoms with Crippen LogP contribution in [0.2, 0.25) is 0 Å². The van der Waals surface area contributed by atoms with Crippen molar-refractivity contribution in [2.45, 2.75) is 0 Å². The number of fused-ring (bicyclic) bond motifs is 1. The molecule has 0 saturated carbocycles. The fourth-order valence-corrected chi connectivity index (χ4v) is 4.64. The summed E-state index contributed by atoms with van der Waals surface area (Å²) < 4.78 is 24.9. The molecule has 1 aliphatic rings. The highest BCUT2D eigenvalue weighted by Crippen LogP contribution is 2.39. The van der Waals surface area contributed by atoms with Crippen LogP contribution >= 0.6 is 11.3 Å². The largest absolute Gasteiger partial charge is 0.493 e. The van der Waals surface area contributed by atoms with E-state index in [9.17, 15) is 9.18 Å². The zero-order valence-electron chi connectivity index (χ0n) is 17.6. The van der Waals surface area contributed by atoms with Gasteiger partial charge in [0.05, 0.1) is 18.9 Å². The molecular formula is C22H25FN4O3S. The summed E-state index contributed by atoms with van der Waals surface area (Å²) in [5.41, 5.74) is 1.29. The molecule has 4 rings (SSSR count). The second-order valence-corrected chi connectivity index (χ2v) is 8.24. The standard InChI is InChI=1S/C22H25FN4O3S/c1-29-17-7-8-18-19(20(17)30-2)25-22(31-18)27-13-11-26(12-14-27)10-9-24-21(28)15-3-5-16(23)6-4-15/h3-8H,9-14H2,1-2H3,(H,24,28). The van der Waals surface area contributed by atoms with Gasteiger partial charge < -0.3 is 19.7 Å². The Morgan fingerprint density at radius 1 is 1.10 bits per heavy atom. The smallest absolute Gasteiger partial charge is 0.251 e. The van der Waals surface area contributed by atoms with E-state index in [-0.39, 0.29) is 11.7 Å². The first-order valence-electron chi connectivity index (χ1n) is 10.1. The summed E-state index contributed by atoms with van der Waals surface area (Å²) in [4.78, 5) is 21.5. The molecule has 0 atom stereocenters. The number of rotatable bonds is 7. The molecule has 1 saturated heterocycles. The quantitative estimate of drug-likeness (QED) is 0.604. The van der Waals surface area contributed by atoms with E-state index in [1.54, 1.807) is 25.6 Å². The summed E-state index contributed by atoms with van der Waals surface area (Å²) in [5, 5.41) is 3.87. The third kappa shape index (κ3) is 4.72. The Balaban J connectivity index is 1.29. The summed E-state index contributed by atoms with van der Waals surface area (Å²) in [6, 6.07) is 9.49. The lowest BCUT2D eigenvalue weighted by Crippen LogP contribution is -2.48. The van der Waals surface area contributed by atoms with Crippen LogP contribution < -0.4 is 19.7 Å². The summed E-state index contributed by atoms with van der Waals surface area (Å²) in [5.74, 6) is 0.815. The lowest BCUT2D eigenvalue weighted by Gasteiger charge is -2.34. The van der Waals surface area contributed by atoms with Crippen LogP contribution in [-0.2, 0) is 0 Å². The minimum absolute atomic E-state index is 0.183. The van der Waals surface area contributed by atoms with E-state index in [0.29, 0.717) is 23.6 Å². The maximum Gasteiger partial charge on any atom is 0.251 e. The van der Waals surface area contributed by atoms with E-state index >= 15 is 0 Å². The van der Waals surface area contributed by atoms with Crippen molar-refractivity contribution in [2.75, 3.05) is 58.4 Å². The second-order valence-electron chi connectivity index (χ2n) is 7.24. The van der Waals surface area contributed by atoms with Crippen molar-refractivity contribution in [1.29, 1.82) is 0 Å². The highest BCUT2D eigenvalue weighted by atomic mass is 32.1. The van der Waals surface area contributed by atoms with Crippen LogP contribution in [0.1, 0.15) is 10.4 Å². The molecule has 1 N–H and O–H groups in total. The molecule has 0 unspecified atom stereocenters. The molecule has 3 aromatic rings. The number of halogens is 1.